The van der Waals surface area contributed by atoms with Crippen LogP contribution in [0.1, 0.15) is 18.9 Å². The third-order valence-electron chi connectivity index (χ3n) is 3.04. The van der Waals surface area contributed by atoms with Crippen molar-refractivity contribution in [2.45, 2.75) is 18.8 Å². The average molecular weight is 240 g/mol. The molecule has 13 heavy (non-hydrogen) atoms. The van der Waals surface area contributed by atoms with Crippen molar-refractivity contribution in [2.24, 2.45) is 0 Å². The summed E-state index contributed by atoms with van der Waals surface area (Å²) in [5.41, 5.74) is 1.87. The van der Waals surface area contributed by atoms with Crippen LogP contribution in [0.4, 0.5) is 0 Å². The van der Waals surface area contributed by atoms with Gasteiger partial charge in [0.05, 0.1) is 0 Å². The molecule has 1 nitrogen and oxygen atoms in total. The normalized spacial score (nSPS) is 19.5. The second-order valence-corrected chi connectivity index (χ2v) is 4.66. The molecule has 2 heteroatoms. The molecular weight excluding hydrogens is 226 g/mol. The maximum Gasteiger partial charge on any atom is 0.0200 e. The second kappa shape index (κ2) is 3.43. The highest BCUT2D eigenvalue weighted by molar-refractivity contribution is 9.10. The van der Waals surface area contributed by atoms with Crippen LogP contribution in [0.15, 0.2) is 28.7 Å². The van der Waals surface area contributed by atoms with Gasteiger partial charge in [0.1, 0.15) is 0 Å². The summed E-state index contributed by atoms with van der Waals surface area (Å²) in [6.07, 6.45) is 1.22. The van der Waals surface area contributed by atoms with Crippen molar-refractivity contribution in [2.75, 3.05) is 13.1 Å². The smallest absolute Gasteiger partial charge is 0.0200 e. The Labute approximate surface area is 87.7 Å². The third-order valence-corrected chi connectivity index (χ3v) is 3.53. The van der Waals surface area contributed by atoms with E-state index in [-0.39, 0.29) is 0 Å². The first kappa shape index (κ1) is 9.22. The lowest BCUT2D eigenvalue weighted by Crippen LogP contribution is -2.56. The zero-order chi connectivity index (χ0) is 9.31. The van der Waals surface area contributed by atoms with Crippen LogP contribution in [0.5, 0.6) is 0 Å². The van der Waals surface area contributed by atoms with Gasteiger partial charge < -0.3 is 5.32 Å². The lowest BCUT2D eigenvalue weighted by Gasteiger charge is -2.42. The number of nitrogens with one attached hydrogen (secondary N) is 1. The second-order valence-electron chi connectivity index (χ2n) is 3.75. The number of halogens is 1. The monoisotopic (exact) mass is 239 g/mol. The van der Waals surface area contributed by atoms with Gasteiger partial charge in [0, 0.05) is 23.0 Å². The van der Waals surface area contributed by atoms with Crippen LogP contribution < -0.4 is 5.32 Å². The Morgan fingerprint density at radius 2 is 2.23 bits per heavy atom. The van der Waals surface area contributed by atoms with Crippen LogP contribution >= 0.6 is 15.9 Å². The molecule has 0 saturated carbocycles. The van der Waals surface area contributed by atoms with Crippen LogP contribution in [0.25, 0.3) is 0 Å². The van der Waals surface area contributed by atoms with Gasteiger partial charge in [-0.15, -0.1) is 0 Å². The number of rotatable bonds is 2. The van der Waals surface area contributed by atoms with Crippen molar-refractivity contribution >= 4 is 15.9 Å². The lowest BCUT2D eigenvalue weighted by molar-refractivity contribution is 0.267. The van der Waals surface area contributed by atoms with Gasteiger partial charge in [-0.25, -0.2) is 0 Å². The maximum absolute atomic E-state index is 3.52. The Balaban J connectivity index is 2.33. The van der Waals surface area contributed by atoms with Gasteiger partial charge in [0.2, 0.25) is 0 Å². The van der Waals surface area contributed by atoms with Gasteiger partial charge in [-0.3, -0.25) is 0 Å². The quantitative estimate of drug-likeness (QED) is 0.838. The van der Waals surface area contributed by atoms with E-state index >= 15 is 0 Å². The molecule has 1 fully saturated rings. The van der Waals surface area contributed by atoms with E-state index in [1.54, 1.807) is 0 Å². The van der Waals surface area contributed by atoms with Crippen LogP contribution in [0, 0.1) is 0 Å². The van der Waals surface area contributed by atoms with E-state index < -0.39 is 0 Å². The number of hydrogen-bond acceptors (Lipinski definition) is 1. The van der Waals surface area contributed by atoms with Crippen molar-refractivity contribution in [3.63, 3.8) is 0 Å². The maximum atomic E-state index is 3.52. The van der Waals surface area contributed by atoms with Crippen LogP contribution in [0.2, 0.25) is 0 Å². The Bertz CT molecular complexity index is 299. The minimum Gasteiger partial charge on any atom is -0.315 e. The van der Waals surface area contributed by atoms with Gasteiger partial charge in [-0.1, -0.05) is 35.0 Å². The van der Waals surface area contributed by atoms with Crippen LogP contribution in [-0.2, 0) is 5.41 Å². The third kappa shape index (κ3) is 1.53. The number of hydrogen-bond donors (Lipinski definition) is 1. The lowest BCUT2D eigenvalue weighted by atomic mass is 9.73. The molecule has 0 amide bonds. The highest BCUT2D eigenvalue weighted by Gasteiger charge is 2.36. The molecule has 2 rings (SSSR count). The van der Waals surface area contributed by atoms with Gasteiger partial charge in [0.25, 0.3) is 0 Å². The first-order chi connectivity index (χ1) is 6.27. The standard InChI is InChI=1S/C11H14BrN/c1-2-11(7-13-8-11)9-4-3-5-10(12)6-9/h3-6,13H,2,7-8H2,1H3. The molecule has 0 bridgehead atoms. The Kier molecular flexibility index (Phi) is 2.43. The van der Waals surface area contributed by atoms with Crippen molar-refractivity contribution in [1.29, 1.82) is 0 Å². The predicted molar refractivity (Wildman–Crippen MR) is 59.0 cm³/mol. The van der Waals surface area contributed by atoms with E-state index in [2.05, 4.69) is 52.4 Å². The number of benzene rings is 1. The molecule has 1 N–H and O–H groups in total. The van der Waals surface area contributed by atoms with E-state index in [0.717, 1.165) is 13.1 Å². The fourth-order valence-electron chi connectivity index (χ4n) is 1.90. The average Bonchev–Trinajstić information content (AvgIpc) is 2.03. The van der Waals surface area contributed by atoms with Gasteiger partial charge in [0.15, 0.2) is 0 Å². The van der Waals surface area contributed by atoms with Crippen molar-refractivity contribution in [3.8, 4) is 0 Å². The molecule has 0 spiro atoms. The van der Waals surface area contributed by atoms with Gasteiger partial charge in [-0.2, -0.15) is 0 Å². The van der Waals surface area contributed by atoms with E-state index in [4.69, 9.17) is 0 Å². The molecule has 0 aliphatic carbocycles. The molecule has 1 aromatic rings. The molecule has 1 heterocycles. The first-order valence-corrected chi connectivity index (χ1v) is 5.53. The zero-order valence-corrected chi connectivity index (χ0v) is 9.39. The van der Waals surface area contributed by atoms with E-state index in [9.17, 15) is 0 Å². The summed E-state index contributed by atoms with van der Waals surface area (Å²) in [6.45, 7) is 4.52. The molecular formula is C11H14BrN. The minimum absolute atomic E-state index is 0.407. The SMILES string of the molecule is CCC1(c2cccc(Br)c2)CNC1. The Morgan fingerprint density at radius 1 is 1.46 bits per heavy atom. The molecule has 70 valence electrons. The highest BCUT2D eigenvalue weighted by atomic mass is 79.9. The summed E-state index contributed by atoms with van der Waals surface area (Å²) in [5.74, 6) is 0. The Hall–Kier alpha value is -0.340. The van der Waals surface area contributed by atoms with Gasteiger partial charge >= 0.3 is 0 Å². The van der Waals surface area contributed by atoms with E-state index in [0.29, 0.717) is 5.41 Å². The summed E-state index contributed by atoms with van der Waals surface area (Å²) in [5, 5.41) is 3.36. The van der Waals surface area contributed by atoms with Crippen molar-refractivity contribution in [3.05, 3.63) is 34.3 Å². The summed E-state index contributed by atoms with van der Waals surface area (Å²) in [7, 11) is 0. The van der Waals surface area contributed by atoms with Crippen molar-refractivity contribution < 1.29 is 0 Å². The van der Waals surface area contributed by atoms with E-state index in [1.165, 1.54) is 16.5 Å². The van der Waals surface area contributed by atoms with Crippen LogP contribution in [-0.4, -0.2) is 13.1 Å². The highest BCUT2D eigenvalue weighted by Crippen LogP contribution is 2.32. The van der Waals surface area contributed by atoms with Gasteiger partial charge in [-0.05, 0) is 24.1 Å². The largest absolute Gasteiger partial charge is 0.315 e. The first-order valence-electron chi connectivity index (χ1n) is 4.74. The fraction of sp³-hybridized carbons (Fsp3) is 0.455. The molecule has 1 aromatic carbocycles. The molecule has 0 atom stereocenters. The summed E-state index contributed by atoms with van der Waals surface area (Å²) >= 11 is 3.52. The predicted octanol–water partition coefficient (Wildman–Crippen LogP) is 2.70. The summed E-state index contributed by atoms with van der Waals surface area (Å²) in [6, 6.07) is 8.67. The molecule has 1 aliphatic rings. The molecule has 0 aromatic heterocycles. The molecule has 1 saturated heterocycles. The topological polar surface area (TPSA) is 12.0 Å². The molecule has 1 aliphatic heterocycles. The molecule has 0 unspecified atom stereocenters. The summed E-state index contributed by atoms with van der Waals surface area (Å²) < 4.78 is 1.18. The fourth-order valence-corrected chi connectivity index (χ4v) is 2.30. The molecule has 0 radical (unpaired) electrons. The van der Waals surface area contributed by atoms with Crippen LogP contribution in [0.3, 0.4) is 0 Å². The minimum atomic E-state index is 0.407. The van der Waals surface area contributed by atoms with E-state index in [1.807, 2.05) is 0 Å². The zero-order valence-electron chi connectivity index (χ0n) is 7.81. The van der Waals surface area contributed by atoms with Crippen molar-refractivity contribution in [1.82, 2.24) is 5.32 Å². The summed E-state index contributed by atoms with van der Waals surface area (Å²) in [4.78, 5) is 0. The Morgan fingerprint density at radius 3 is 2.69 bits per heavy atom.